The number of carbonyl (C=O) groups is 1. The summed E-state index contributed by atoms with van der Waals surface area (Å²) >= 11 is 1.53. The third-order valence-corrected chi connectivity index (χ3v) is 5.94. The van der Waals surface area contributed by atoms with E-state index in [-0.39, 0.29) is 5.70 Å². The molecule has 0 spiro atoms. The summed E-state index contributed by atoms with van der Waals surface area (Å²) in [5.41, 5.74) is 2.61. The zero-order valence-corrected chi connectivity index (χ0v) is 18.0. The second-order valence-electron chi connectivity index (χ2n) is 7.06. The maximum Gasteiger partial charge on any atom is 0.363 e. The summed E-state index contributed by atoms with van der Waals surface area (Å²) in [6.45, 7) is 0. The zero-order valence-electron chi connectivity index (χ0n) is 17.2. The fourth-order valence-corrected chi connectivity index (χ4v) is 4.21. The maximum atomic E-state index is 12.5. The van der Waals surface area contributed by atoms with E-state index in [9.17, 15) is 4.79 Å². The van der Waals surface area contributed by atoms with Crippen LogP contribution in [0.5, 0.6) is 5.75 Å². The van der Waals surface area contributed by atoms with E-state index < -0.39 is 5.97 Å². The van der Waals surface area contributed by atoms with Gasteiger partial charge in [-0.2, -0.15) is 0 Å². The fraction of sp³-hybridized carbons (Fsp3) is 0.0385. The molecule has 0 bridgehead atoms. The van der Waals surface area contributed by atoms with Gasteiger partial charge in [-0.1, -0.05) is 48.2 Å². The predicted molar refractivity (Wildman–Crippen MR) is 126 cm³/mol. The molecule has 4 aromatic rings. The molecular weight excluding hydrogens is 420 g/mol. The number of pyridine rings is 1. The lowest BCUT2D eigenvalue weighted by Crippen LogP contribution is -2.05. The van der Waals surface area contributed by atoms with Crippen LogP contribution >= 0.6 is 11.8 Å². The number of nitrogens with zero attached hydrogens (tertiary/aromatic N) is 2. The maximum absolute atomic E-state index is 12.5. The highest BCUT2D eigenvalue weighted by Crippen LogP contribution is 2.34. The summed E-state index contributed by atoms with van der Waals surface area (Å²) in [6, 6.07) is 27.1. The van der Waals surface area contributed by atoms with E-state index in [2.05, 4.69) is 4.99 Å². The molecule has 5 rings (SSSR count). The first kappa shape index (κ1) is 20.0. The molecule has 2 heterocycles. The second-order valence-corrected chi connectivity index (χ2v) is 8.12. The fourth-order valence-electron chi connectivity index (χ4n) is 3.32. The standard InChI is InChI=1S/C26H18N2O3S/c1-30-20-13-12-18-14-19(25(28-22(18)16-20)32-21-10-6-3-7-11-21)15-23-26(29)31-24(27-23)17-8-4-2-5-9-17/h2-16H,1H3. The van der Waals surface area contributed by atoms with Gasteiger partial charge in [0.2, 0.25) is 5.90 Å². The number of methoxy groups -OCH3 is 1. The minimum atomic E-state index is -0.477. The lowest BCUT2D eigenvalue weighted by Gasteiger charge is -2.09. The molecular formula is C26H18N2O3S. The smallest absolute Gasteiger partial charge is 0.363 e. The molecule has 156 valence electrons. The topological polar surface area (TPSA) is 60.8 Å². The van der Waals surface area contributed by atoms with Crippen molar-refractivity contribution in [3.8, 4) is 5.75 Å². The van der Waals surface area contributed by atoms with E-state index in [0.717, 1.165) is 37.7 Å². The van der Waals surface area contributed by atoms with Gasteiger partial charge in [0.25, 0.3) is 0 Å². The molecule has 5 nitrogen and oxygen atoms in total. The highest BCUT2D eigenvalue weighted by Gasteiger charge is 2.24. The van der Waals surface area contributed by atoms with Crippen LogP contribution in [-0.2, 0) is 9.53 Å². The Morgan fingerprint density at radius 1 is 0.938 bits per heavy atom. The van der Waals surface area contributed by atoms with Gasteiger partial charge in [0.05, 0.1) is 12.6 Å². The Morgan fingerprint density at radius 2 is 1.69 bits per heavy atom. The van der Waals surface area contributed by atoms with Gasteiger partial charge in [0.15, 0.2) is 5.70 Å². The lowest BCUT2D eigenvalue weighted by molar-refractivity contribution is -0.129. The third kappa shape index (κ3) is 4.13. The molecule has 0 radical (unpaired) electrons. The lowest BCUT2D eigenvalue weighted by atomic mass is 10.1. The van der Waals surface area contributed by atoms with Crippen molar-refractivity contribution < 1.29 is 14.3 Å². The second kappa shape index (κ2) is 8.69. The normalized spacial score (nSPS) is 14.5. The monoisotopic (exact) mass is 438 g/mol. The highest BCUT2D eigenvalue weighted by atomic mass is 32.2. The van der Waals surface area contributed by atoms with Crippen LogP contribution in [0.15, 0.2) is 106 Å². The number of ether oxygens (including phenoxy) is 2. The molecule has 0 fully saturated rings. The first-order valence-electron chi connectivity index (χ1n) is 9.99. The van der Waals surface area contributed by atoms with Crippen LogP contribution in [-0.4, -0.2) is 24.0 Å². The summed E-state index contributed by atoms with van der Waals surface area (Å²) in [6.07, 6.45) is 1.74. The van der Waals surface area contributed by atoms with Crippen molar-refractivity contribution in [3.63, 3.8) is 0 Å². The van der Waals surface area contributed by atoms with Crippen LogP contribution < -0.4 is 4.74 Å². The van der Waals surface area contributed by atoms with Crippen molar-refractivity contribution in [2.75, 3.05) is 7.11 Å². The van der Waals surface area contributed by atoms with Crippen molar-refractivity contribution in [1.82, 2.24) is 4.98 Å². The van der Waals surface area contributed by atoms with Crippen LogP contribution in [0.1, 0.15) is 11.1 Å². The van der Waals surface area contributed by atoms with E-state index in [1.54, 1.807) is 13.2 Å². The first-order chi connectivity index (χ1) is 15.7. The number of carbonyl (C=O) groups excluding carboxylic acids is 1. The van der Waals surface area contributed by atoms with E-state index in [0.29, 0.717) is 5.90 Å². The van der Waals surface area contributed by atoms with E-state index in [1.165, 1.54) is 11.8 Å². The van der Waals surface area contributed by atoms with Crippen LogP contribution in [0, 0.1) is 0 Å². The zero-order chi connectivity index (χ0) is 21.9. The van der Waals surface area contributed by atoms with E-state index in [4.69, 9.17) is 14.5 Å². The molecule has 1 aromatic heterocycles. The quantitative estimate of drug-likeness (QED) is 0.294. The summed E-state index contributed by atoms with van der Waals surface area (Å²) in [7, 11) is 1.63. The Hall–Kier alpha value is -3.90. The molecule has 1 aliphatic rings. The molecule has 0 N–H and O–H groups in total. The predicted octanol–water partition coefficient (Wildman–Crippen LogP) is 5.74. The number of fused-ring (bicyclic) bond motifs is 1. The molecule has 3 aromatic carbocycles. The number of aliphatic imine (C=N–C) groups is 1. The van der Waals surface area contributed by atoms with Crippen molar-refractivity contribution in [2.24, 2.45) is 4.99 Å². The summed E-state index contributed by atoms with van der Waals surface area (Å²) in [5, 5.41) is 1.70. The first-order valence-corrected chi connectivity index (χ1v) is 10.8. The summed E-state index contributed by atoms with van der Waals surface area (Å²) in [4.78, 5) is 22.9. The molecule has 0 unspecified atom stereocenters. The molecule has 32 heavy (non-hydrogen) atoms. The molecule has 0 saturated carbocycles. The van der Waals surface area contributed by atoms with E-state index >= 15 is 0 Å². The van der Waals surface area contributed by atoms with Crippen molar-refractivity contribution in [3.05, 3.63) is 102 Å². The van der Waals surface area contributed by atoms with Gasteiger partial charge in [-0.25, -0.2) is 14.8 Å². The van der Waals surface area contributed by atoms with Crippen LogP contribution in [0.4, 0.5) is 0 Å². The minimum Gasteiger partial charge on any atom is -0.497 e. The van der Waals surface area contributed by atoms with Gasteiger partial charge in [-0.05, 0) is 48.5 Å². The van der Waals surface area contributed by atoms with Gasteiger partial charge in [0.1, 0.15) is 10.8 Å². The van der Waals surface area contributed by atoms with Gasteiger partial charge in [0, 0.05) is 27.5 Å². The Bertz CT molecular complexity index is 1370. The van der Waals surface area contributed by atoms with Crippen LogP contribution in [0.2, 0.25) is 0 Å². The molecule has 0 aliphatic carbocycles. The molecule has 1 aliphatic heterocycles. The molecule has 0 saturated heterocycles. The number of esters is 1. The van der Waals surface area contributed by atoms with Crippen molar-refractivity contribution in [2.45, 2.75) is 9.92 Å². The average Bonchev–Trinajstić information content (AvgIpc) is 3.20. The van der Waals surface area contributed by atoms with Crippen molar-refractivity contribution in [1.29, 1.82) is 0 Å². The number of hydrogen-bond acceptors (Lipinski definition) is 6. The summed E-state index contributed by atoms with van der Waals surface area (Å²) in [5.74, 6) is 0.565. The Labute approximate surface area is 189 Å². The molecule has 0 amide bonds. The van der Waals surface area contributed by atoms with Crippen LogP contribution in [0.25, 0.3) is 17.0 Å². The van der Waals surface area contributed by atoms with E-state index in [1.807, 2.05) is 84.9 Å². The van der Waals surface area contributed by atoms with Gasteiger partial charge < -0.3 is 9.47 Å². The SMILES string of the molecule is COc1ccc2cc(C=C3N=C(c4ccccc4)OC3=O)c(Sc3ccccc3)nc2c1. The minimum absolute atomic E-state index is 0.244. The third-order valence-electron chi connectivity index (χ3n) is 4.91. The number of cyclic esters (lactones) is 1. The number of rotatable bonds is 5. The number of aromatic nitrogens is 1. The largest absolute Gasteiger partial charge is 0.497 e. The molecule has 0 atom stereocenters. The van der Waals surface area contributed by atoms with Crippen LogP contribution in [0.3, 0.4) is 0 Å². The van der Waals surface area contributed by atoms with Gasteiger partial charge in [-0.3, -0.25) is 0 Å². The Balaban J connectivity index is 1.61. The van der Waals surface area contributed by atoms with Crippen molar-refractivity contribution >= 4 is 40.6 Å². The average molecular weight is 439 g/mol. The highest BCUT2D eigenvalue weighted by molar-refractivity contribution is 7.99. The summed E-state index contributed by atoms with van der Waals surface area (Å²) < 4.78 is 10.8. The number of hydrogen-bond donors (Lipinski definition) is 0. The molecule has 6 heteroatoms. The number of benzene rings is 3. The van der Waals surface area contributed by atoms with Gasteiger partial charge >= 0.3 is 5.97 Å². The Morgan fingerprint density at radius 3 is 2.44 bits per heavy atom. The Kier molecular flexibility index (Phi) is 5.44. The van der Waals surface area contributed by atoms with Gasteiger partial charge in [-0.15, -0.1) is 0 Å².